The van der Waals surface area contributed by atoms with Crippen molar-refractivity contribution < 1.29 is 17.5 Å². The topological polar surface area (TPSA) is 95.7 Å². The van der Waals surface area contributed by atoms with E-state index in [0.717, 1.165) is 16.9 Å². The summed E-state index contributed by atoms with van der Waals surface area (Å²) in [6.45, 7) is 0. The van der Waals surface area contributed by atoms with Gasteiger partial charge in [0, 0.05) is 32.9 Å². The Bertz CT molecular complexity index is 643. The second-order valence-corrected chi connectivity index (χ2v) is 5.14. The smallest absolute Gasteiger partial charge is 0.375 e. The molecule has 1 aromatic carbocycles. The Labute approximate surface area is 118 Å². The van der Waals surface area contributed by atoms with Crippen molar-refractivity contribution in [2.45, 2.75) is 0 Å². The lowest BCUT2D eigenvalue weighted by atomic mass is 10.1. The summed E-state index contributed by atoms with van der Waals surface area (Å²) in [4.78, 5) is 2.08. The fourth-order valence-electron chi connectivity index (χ4n) is 1.60. The zero-order valence-electron chi connectivity index (χ0n) is 11.4. The molecule has 8 heteroatoms. The summed E-state index contributed by atoms with van der Waals surface area (Å²) in [5, 5.41) is 4.48. The highest BCUT2D eigenvalue weighted by molar-refractivity contribution is 7.79. The van der Waals surface area contributed by atoms with Gasteiger partial charge >= 0.3 is 10.4 Å². The van der Waals surface area contributed by atoms with E-state index in [1.165, 1.54) is 0 Å². The molecule has 0 saturated heterocycles. The third kappa shape index (κ3) is 5.39. The number of hydrogen-bond acceptors (Lipinski definition) is 4. The lowest BCUT2D eigenvalue weighted by molar-refractivity contribution is 0.381. The molecule has 20 heavy (non-hydrogen) atoms. The molecule has 0 fully saturated rings. The van der Waals surface area contributed by atoms with E-state index in [4.69, 9.17) is 17.5 Å². The van der Waals surface area contributed by atoms with E-state index in [0.29, 0.717) is 0 Å². The van der Waals surface area contributed by atoms with E-state index < -0.39 is 10.4 Å². The molecule has 0 amide bonds. The Morgan fingerprint density at radius 2 is 1.65 bits per heavy atom. The largest absolute Gasteiger partial charge is 0.394 e. The standard InChI is InChI=1S/C12H15N3.H2O4S/c1-14(2)11-9-15(3)13-12(11)10-7-5-4-6-8-10;1-5(2,3)4/h4-9H,1-3H3;(H2,1,2,3,4). The molecular formula is C12H17N3O4S. The quantitative estimate of drug-likeness (QED) is 0.816. The highest BCUT2D eigenvalue weighted by atomic mass is 32.3. The van der Waals surface area contributed by atoms with Crippen molar-refractivity contribution in [3.63, 3.8) is 0 Å². The van der Waals surface area contributed by atoms with Crippen molar-refractivity contribution in [2.75, 3.05) is 19.0 Å². The third-order valence-electron chi connectivity index (χ3n) is 2.34. The van der Waals surface area contributed by atoms with Gasteiger partial charge in [0.1, 0.15) is 5.69 Å². The normalized spacial score (nSPS) is 10.7. The van der Waals surface area contributed by atoms with Crippen LogP contribution in [-0.2, 0) is 17.4 Å². The molecule has 0 saturated carbocycles. The maximum atomic E-state index is 8.74. The van der Waals surface area contributed by atoms with Crippen molar-refractivity contribution >= 4 is 16.1 Å². The van der Waals surface area contributed by atoms with Crippen molar-refractivity contribution in [1.82, 2.24) is 9.78 Å². The fraction of sp³-hybridized carbons (Fsp3) is 0.250. The zero-order valence-corrected chi connectivity index (χ0v) is 12.2. The van der Waals surface area contributed by atoms with Crippen LogP contribution in [0.4, 0.5) is 5.69 Å². The summed E-state index contributed by atoms with van der Waals surface area (Å²) >= 11 is 0. The molecule has 0 unspecified atom stereocenters. The Kier molecular flexibility index (Phi) is 5.26. The Morgan fingerprint density at radius 3 is 2.10 bits per heavy atom. The average Bonchev–Trinajstić information content (AvgIpc) is 2.70. The summed E-state index contributed by atoms with van der Waals surface area (Å²) in [7, 11) is 1.34. The van der Waals surface area contributed by atoms with E-state index >= 15 is 0 Å². The van der Waals surface area contributed by atoms with Gasteiger partial charge in [0.15, 0.2) is 0 Å². The van der Waals surface area contributed by atoms with E-state index in [1.54, 1.807) is 0 Å². The van der Waals surface area contributed by atoms with Gasteiger partial charge in [0.05, 0.1) is 5.69 Å². The summed E-state index contributed by atoms with van der Waals surface area (Å²) in [6.07, 6.45) is 2.03. The van der Waals surface area contributed by atoms with E-state index in [2.05, 4.69) is 22.1 Å². The number of aryl methyl sites for hydroxylation is 1. The van der Waals surface area contributed by atoms with Crippen LogP contribution in [0.5, 0.6) is 0 Å². The molecule has 2 aromatic rings. The molecule has 0 aliphatic carbocycles. The summed E-state index contributed by atoms with van der Waals surface area (Å²) in [5.74, 6) is 0. The zero-order chi connectivity index (χ0) is 15.3. The Morgan fingerprint density at radius 1 is 1.15 bits per heavy atom. The second kappa shape index (κ2) is 6.51. The van der Waals surface area contributed by atoms with E-state index in [-0.39, 0.29) is 0 Å². The molecule has 0 bridgehead atoms. The van der Waals surface area contributed by atoms with Crippen molar-refractivity contribution in [3.8, 4) is 11.3 Å². The highest BCUT2D eigenvalue weighted by Gasteiger charge is 2.10. The van der Waals surface area contributed by atoms with Gasteiger partial charge in [0.25, 0.3) is 0 Å². The molecule has 1 heterocycles. The van der Waals surface area contributed by atoms with Gasteiger partial charge in [-0.25, -0.2) is 0 Å². The summed E-state index contributed by atoms with van der Waals surface area (Å²) in [6, 6.07) is 10.2. The van der Waals surface area contributed by atoms with E-state index in [9.17, 15) is 0 Å². The average molecular weight is 299 g/mol. The molecule has 2 N–H and O–H groups in total. The van der Waals surface area contributed by atoms with Gasteiger partial charge in [-0.05, 0) is 0 Å². The first-order chi connectivity index (χ1) is 9.18. The third-order valence-corrected chi connectivity index (χ3v) is 2.34. The maximum Gasteiger partial charge on any atom is 0.394 e. The van der Waals surface area contributed by atoms with Crippen LogP contribution in [0.25, 0.3) is 11.3 Å². The Hall–Kier alpha value is -1.90. The predicted octanol–water partition coefficient (Wildman–Crippen LogP) is 1.50. The second-order valence-electron chi connectivity index (χ2n) is 4.24. The first-order valence-electron chi connectivity index (χ1n) is 5.64. The van der Waals surface area contributed by atoms with Crippen LogP contribution in [0.2, 0.25) is 0 Å². The molecular weight excluding hydrogens is 282 g/mol. The molecule has 0 aliphatic rings. The molecule has 0 atom stereocenters. The molecule has 2 rings (SSSR count). The highest BCUT2D eigenvalue weighted by Crippen LogP contribution is 2.27. The minimum absolute atomic E-state index is 1.03. The van der Waals surface area contributed by atoms with Gasteiger partial charge < -0.3 is 4.90 Å². The Balaban J connectivity index is 0.000000347. The van der Waals surface area contributed by atoms with Crippen LogP contribution in [0.15, 0.2) is 36.5 Å². The van der Waals surface area contributed by atoms with Gasteiger partial charge in [0.2, 0.25) is 0 Å². The van der Waals surface area contributed by atoms with Crippen molar-refractivity contribution in [2.24, 2.45) is 7.05 Å². The van der Waals surface area contributed by atoms with Crippen molar-refractivity contribution in [1.29, 1.82) is 0 Å². The fourth-order valence-corrected chi connectivity index (χ4v) is 1.60. The number of anilines is 1. The minimum atomic E-state index is -4.67. The number of nitrogens with zero attached hydrogens (tertiary/aromatic N) is 3. The minimum Gasteiger partial charge on any atom is -0.375 e. The van der Waals surface area contributed by atoms with Crippen LogP contribution >= 0.6 is 0 Å². The van der Waals surface area contributed by atoms with Crippen LogP contribution in [0.1, 0.15) is 0 Å². The SMILES string of the molecule is CN(C)c1cn(C)nc1-c1ccccc1.O=S(=O)(O)O. The molecule has 110 valence electrons. The summed E-state index contributed by atoms with van der Waals surface area (Å²) in [5.41, 5.74) is 3.33. The number of benzene rings is 1. The molecule has 0 radical (unpaired) electrons. The van der Waals surface area contributed by atoms with E-state index in [1.807, 2.05) is 50.2 Å². The van der Waals surface area contributed by atoms with Crippen LogP contribution < -0.4 is 4.90 Å². The van der Waals surface area contributed by atoms with Crippen LogP contribution in [0.3, 0.4) is 0 Å². The molecule has 0 aliphatic heterocycles. The first kappa shape index (κ1) is 16.2. The molecule has 0 spiro atoms. The first-order valence-corrected chi connectivity index (χ1v) is 7.04. The summed E-state index contributed by atoms with van der Waals surface area (Å²) < 4.78 is 33.4. The van der Waals surface area contributed by atoms with Gasteiger partial charge in [-0.3, -0.25) is 13.8 Å². The van der Waals surface area contributed by atoms with Crippen molar-refractivity contribution in [3.05, 3.63) is 36.5 Å². The number of aromatic nitrogens is 2. The van der Waals surface area contributed by atoms with Gasteiger partial charge in [-0.1, -0.05) is 30.3 Å². The predicted molar refractivity (Wildman–Crippen MR) is 77.1 cm³/mol. The molecule has 1 aromatic heterocycles. The monoisotopic (exact) mass is 299 g/mol. The number of rotatable bonds is 2. The maximum absolute atomic E-state index is 8.74. The van der Waals surface area contributed by atoms with Crippen LogP contribution in [0, 0.1) is 0 Å². The van der Waals surface area contributed by atoms with Gasteiger partial charge in [-0.2, -0.15) is 13.5 Å². The van der Waals surface area contributed by atoms with Gasteiger partial charge in [-0.15, -0.1) is 0 Å². The molecule has 7 nitrogen and oxygen atoms in total. The number of hydrogen-bond donors (Lipinski definition) is 2. The lowest BCUT2D eigenvalue weighted by Gasteiger charge is -2.11. The van der Waals surface area contributed by atoms with Crippen LogP contribution in [-0.4, -0.2) is 41.4 Å². The lowest BCUT2D eigenvalue weighted by Crippen LogP contribution is -2.08.